The first-order valence-corrected chi connectivity index (χ1v) is 7.65. The molecule has 1 aromatic heterocycles. The van der Waals surface area contributed by atoms with Crippen molar-refractivity contribution in [2.45, 2.75) is 19.9 Å². The number of amides is 1. The molecule has 4 nitrogen and oxygen atoms in total. The molecule has 0 fully saturated rings. The van der Waals surface area contributed by atoms with Crippen LogP contribution in [-0.4, -0.2) is 10.9 Å². The number of nitrogens with one attached hydrogen (secondary N) is 2. The topological polar surface area (TPSA) is 62.0 Å². The minimum absolute atomic E-state index is 0.00663. The van der Waals surface area contributed by atoms with Crippen LogP contribution in [0, 0.1) is 12.7 Å². The van der Waals surface area contributed by atoms with Crippen LogP contribution in [0.5, 0.6) is 0 Å². The van der Waals surface area contributed by atoms with E-state index in [0.29, 0.717) is 17.7 Å². The zero-order chi connectivity index (χ0) is 17.1. The molecule has 0 bridgehead atoms. The number of hydrogen-bond acceptors (Lipinski definition) is 2. The molecule has 0 aliphatic carbocycles. The lowest BCUT2D eigenvalue weighted by atomic mass is 10.1. The van der Waals surface area contributed by atoms with E-state index in [2.05, 4.69) is 10.3 Å². The molecule has 0 spiro atoms. The Balaban J connectivity index is 1.69. The van der Waals surface area contributed by atoms with Crippen LogP contribution in [0.2, 0.25) is 0 Å². The summed E-state index contributed by atoms with van der Waals surface area (Å²) in [5.41, 5.74) is 2.58. The number of carbonyl (C=O) groups excluding carboxylic acids is 1. The lowest BCUT2D eigenvalue weighted by Crippen LogP contribution is -2.24. The van der Waals surface area contributed by atoms with Gasteiger partial charge in [-0.15, -0.1) is 0 Å². The predicted molar refractivity (Wildman–Crippen MR) is 91.3 cm³/mol. The first-order chi connectivity index (χ1) is 11.5. The predicted octanol–water partition coefficient (Wildman–Crippen LogP) is 2.83. The minimum Gasteiger partial charge on any atom is -0.352 e. The maximum Gasteiger partial charge on any atom is 0.251 e. The summed E-state index contributed by atoms with van der Waals surface area (Å²) in [6.45, 7) is 2.10. The van der Waals surface area contributed by atoms with Gasteiger partial charge in [0.15, 0.2) is 0 Å². The van der Waals surface area contributed by atoms with Crippen molar-refractivity contribution in [1.82, 2.24) is 10.3 Å². The average Bonchev–Trinajstić information content (AvgIpc) is 2.56. The third-order valence-electron chi connectivity index (χ3n) is 3.89. The van der Waals surface area contributed by atoms with Crippen molar-refractivity contribution in [2.75, 3.05) is 0 Å². The highest BCUT2D eigenvalue weighted by molar-refractivity contribution is 5.81. The Labute approximate surface area is 138 Å². The van der Waals surface area contributed by atoms with E-state index in [4.69, 9.17) is 0 Å². The van der Waals surface area contributed by atoms with E-state index in [9.17, 15) is 14.0 Å². The number of fused-ring (bicyclic) bond motifs is 1. The number of aromatic nitrogens is 1. The molecule has 3 rings (SSSR count). The van der Waals surface area contributed by atoms with Crippen LogP contribution in [0.1, 0.15) is 16.7 Å². The number of aromatic amines is 1. The van der Waals surface area contributed by atoms with Gasteiger partial charge in [0.2, 0.25) is 5.91 Å². The van der Waals surface area contributed by atoms with Crippen LogP contribution in [0.15, 0.2) is 53.3 Å². The number of pyridine rings is 1. The third-order valence-corrected chi connectivity index (χ3v) is 3.89. The zero-order valence-electron chi connectivity index (χ0n) is 13.2. The van der Waals surface area contributed by atoms with Gasteiger partial charge in [-0.3, -0.25) is 9.59 Å². The smallest absolute Gasteiger partial charge is 0.251 e. The first-order valence-electron chi connectivity index (χ1n) is 7.65. The monoisotopic (exact) mass is 324 g/mol. The summed E-state index contributed by atoms with van der Waals surface area (Å²) in [5.74, 6) is -0.615. The maximum absolute atomic E-state index is 13.5. The normalized spacial score (nSPS) is 10.8. The van der Waals surface area contributed by atoms with E-state index in [1.165, 1.54) is 6.07 Å². The summed E-state index contributed by atoms with van der Waals surface area (Å²) in [6, 6.07) is 13.6. The Morgan fingerprint density at radius 2 is 1.96 bits per heavy atom. The summed E-state index contributed by atoms with van der Waals surface area (Å²) in [7, 11) is 0. The quantitative estimate of drug-likeness (QED) is 0.775. The van der Waals surface area contributed by atoms with Crippen molar-refractivity contribution in [3.05, 3.63) is 81.4 Å². The molecule has 122 valence electrons. The summed E-state index contributed by atoms with van der Waals surface area (Å²) >= 11 is 0. The van der Waals surface area contributed by atoms with Crippen LogP contribution < -0.4 is 10.9 Å². The highest BCUT2D eigenvalue weighted by atomic mass is 19.1. The van der Waals surface area contributed by atoms with Crippen molar-refractivity contribution < 1.29 is 9.18 Å². The standard InChI is InChI=1S/C19H17FN2O2/c1-12-8-15-9-13(6-7-17(15)22-19(12)24)11-21-18(23)10-14-4-2-3-5-16(14)20/h2-9H,10-11H2,1H3,(H,21,23)(H,22,24). The SMILES string of the molecule is Cc1cc2cc(CNC(=O)Cc3ccccc3F)ccc2[nH]c1=O. The molecule has 2 N–H and O–H groups in total. The van der Waals surface area contributed by atoms with Crippen LogP contribution in [0.4, 0.5) is 4.39 Å². The largest absolute Gasteiger partial charge is 0.352 e. The fraction of sp³-hybridized carbons (Fsp3) is 0.158. The molecule has 0 radical (unpaired) electrons. The van der Waals surface area contributed by atoms with E-state index in [-0.39, 0.29) is 23.7 Å². The molecule has 0 saturated heterocycles. The van der Waals surface area contributed by atoms with Gasteiger partial charge in [-0.25, -0.2) is 4.39 Å². The van der Waals surface area contributed by atoms with Gasteiger partial charge in [-0.05, 0) is 47.7 Å². The highest BCUT2D eigenvalue weighted by Gasteiger charge is 2.08. The average molecular weight is 324 g/mol. The van der Waals surface area contributed by atoms with Gasteiger partial charge in [0.25, 0.3) is 5.56 Å². The molecule has 0 saturated carbocycles. The molecule has 5 heteroatoms. The number of hydrogen-bond donors (Lipinski definition) is 2. The Kier molecular flexibility index (Phi) is 4.42. The summed E-state index contributed by atoms with van der Waals surface area (Å²) < 4.78 is 13.5. The molecule has 1 amide bonds. The molecule has 24 heavy (non-hydrogen) atoms. The van der Waals surface area contributed by atoms with Crippen LogP contribution >= 0.6 is 0 Å². The van der Waals surface area contributed by atoms with Crippen molar-refractivity contribution in [3.63, 3.8) is 0 Å². The number of carbonyl (C=O) groups is 1. The fourth-order valence-corrected chi connectivity index (χ4v) is 2.55. The van der Waals surface area contributed by atoms with E-state index < -0.39 is 0 Å². The second-order valence-electron chi connectivity index (χ2n) is 5.75. The van der Waals surface area contributed by atoms with Crippen molar-refractivity contribution in [2.24, 2.45) is 0 Å². The van der Waals surface area contributed by atoms with Crippen LogP contribution in [0.25, 0.3) is 10.9 Å². The zero-order valence-corrected chi connectivity index (χ0v) is 13.2. The second kappa shape index (κ2) is 6.66. The summed E-state index contributed by atoms with van der Waals surface area (Å²) in [5, 5.41) is 3.70. The molecule has 0 aliphatic heterocycles. The summed E-state index contributed by atoms with van der Waals surface area (Å²) in [4.78, 5) is 26.4. The van der Waals surface area contributed by atoms with Crippen LogP contribution in [-0.2, 0) is 17.8 Å². The lowest BCUT2D eigenvalue weighted by Gasteiger charge is -2.08. The molecule has 1 heterocycles. The van der Waals surface area contributed by atoms with Gasteiger partial charge < -0.3 is 10.3 Å². The van der Waals surface area contributed by atoms with Crippen molar-refractivity contribution in [3.8, 4) is 0 Å². The van der Waals surface area contributed by atoms with Gasteiger partial charge >= 0.3 is 0 Å². The minimum atomic E-state index is -0.377. The Bertz CT molecular complexity index is 963. The number of H-pyrrole nitrogens is 1. The number of aryl methyl sites for hydroxylation is 1. The van der Waals surface area contributed by atoms with E-state index in [0.717, 1.165) is 16.5 Å². The number of benzene rings is 2. The third kappa shape index (κ3) is 3.51. The van der Waals surface area contributed by atoms with Gasteiger partial charge in [0.1, 0.15) is 5.82 Å². The van der Waals surface area contributed by atoms with E-state index in [1.807, 2.05) is 24.3 Å². The molecule has 0 unspecified atom stereocenters. The van der Waals surface area contributed by atoms with E-state index in [1.54, 1.807) is 25.1 Å². The second-order valence-corrected chi connectivity index (χ2v) is 5.75. The molecule has 0 aliphatic rings. The van der Waals surface area contributed by atoms with Gasteiger partial charge in [-0.2, -0.15) is 0 Å². The Morgan fingerprint density at radius 1 is 1.17 bits per heavy atom. The first kappa shape index (κ1) is 15.9. The van der Waals surface area contributed by atoms with E-state index >= 15 is 0 Å². The Hall–Kier alpha value is -2.95. The molecular weight excluding hydrogens is 307 g/mol. The van der Waals surface area contributed by atoms with Crippen LogP contribution in [0.3, 0.4) is 0 Å². The molecule has 2 aromatic carbocycles. The molecule has 0 atom stereocenters. The van der Waals surface area contributed by atoms with Gasteiger partial charge in [0.05, 0.1) is 6.42 Å². The number of halogens is 1. The Morgan fingerprint density at radius 3 is 2.75 bits per heavy atom. The summed E-state index contributed by atoms with van der Waals surface area (Å²) in [6.07, 6.45) is 0.00663. The lowest BCUT2D eigenvalue weighted by molar-refractivity contribution is -0.120. The number of rotatable bonds is 4. The fourth-order valence-electron chi connectivity index (χ4n) is 2.55. The molecular formula is C19H17FN2O2. The van der Waals surface area contributed by atoms with Gasteiger partial charge in [0, 0.05) is 17.6 Å². The molecule has 3 aromatic rings. The van der Waals surface area contributed by atoms with Crippen molar-refractivity contribution in [1.29, 1.82) is 0 Å². The highest BCUT2D eigenvalue weighted by Crippen LogP contribution is 2.14. The maximum atomic E-state index is 13.5. The van der Waals surface area contributed by atoms with Crippen molar-refractivity contribution >= 4 is 16.8 Å². The van der Waals surface area contributed by atoms with Gasteiger partial charge in [-0.1, -0.05) is 24.3 Å².